The summed E-state index contributed by atoms with van der Waals surface area (Å²) in [5, 5.41) is 9.98. The Balaban J connectivity index is 2.53. The first-order valence-corrected chi connectivity index (χ1v) is 5.70. The van der Waals surface area contributed by atoms with Gasteiger partial charge < -0.3 is 9.84 Å². The number of hydrogen-bond acceptors (Lipinski definition) is 2. The second kappa shape index (κ2) is 5.03. The van der Waals surface area contributed by atoms with Gasteiger partial charge in [0.05, 0.1) is 7.11 Å². The first kappa shape index (κ1) is 14.2. The number of aliphatic carboxylic acids is 1. The molecule has 0 saturated heterocycles. The van der Waals surface area contributed by atoms with Crippen LogP contribution in [0, 0.1) is 0 Å². The highest BCUT2D eigenvalue weighted by atomic mass is 19.4. The zero-order valence-electron chi connectivity index (χ0n) is 10.4. The Morgan fingerprint density at radius 2 is 1.75 bits per heavy atom. The molecular weight excluding hydrogens is 273 g/mol. The molecule has 20 heavy (non-hydrogen) atoms. The molecule has 1 atom stereocenters. The number of fused-ring (bicyclic) bond motifs is 1. The van der Waals surface area contributed by atoms with Gasteiger partial charge in [0, 0.05) is 0 Å². The van der Waals surface area contributed by atoms with Crippen LogP contribution in [-0.4, -0.2) is 24.4 Å². The van der Waals surface area contributed by atoms with Crippen molar-refractivity contribution in [3.63, 3.8) is 0 Å². The summed E-state index contributed by atoms with van der Waals surface area (Å²) in [6.45, 7) is 0. The molecule has 6 heteroatoms. The Morgan fingerprint density at radius 3 is 2.30 bits per heavy atom. The fourth-order valence-corrected chi connectivity index (χ4v) is 2.02. The Labute approximate surface area is 112 Å². The molecule has 1 unspecified atom stereocenters. The monoisotopic (exact) mass is 284 g/mol. The molecule has 3 nitrogen and oxygen atoms in total. The van der Waals surface area contributed by atoms with E-state index >= 15 is 0 Å². The fraction of sp³-hybridized carbons (Fsp3) is 0.214. The van der Waals surface area contributed by atoms with Crippen LogP contribution in [0.4, 0.5) is 13.2 Å². The summed E-state index contributed by atoms with van der Waals surface area (Å²) in [5.74, 6) is -3.85. The van der Waals surface area contributed by atoms with Crippen molar-refractivity contribution in [3.8, 4) is 5.75 Å². The molecule has 0 aromatic heterocycles. The smallest absolute Gasteiger partial charge is 0.406 e. The molecule has 1 N–H and O–H groups in total. The van der Waals surface area contributed by atoms with E-state index in [9.17, 15) is 18.0 Å². The summed E-state index contributed by atoms with van der Waals surface area (Å²) >= 11 is 0. The molecule has 0 heterocycles. The maximum absolute atomic E-state index is 12.8. The van der Waals surface area contributed by atoms with Crippen molar-refractivity contribution >= 4 is 16.7 Å². The lowest BCUT2D eigenvalue weighted by Gasteiger charge is -2.17. The molecule has 0 saturated carbocycles. The molecule has 106 valence electrons. The summed E-state index contributed by atoms with van der Waals surface area (Å²) in [5.41, 5.74) is -0.289. The minimum atomic E-state index is -4.83. The molecule has 0 fully saturated rings. The Bertz CT molecular complexity index is 650. The van der Waals surface area contributed by atoms with Gasteiger partial charge in [0.15, 0.2) is 5.92 Å². The van der Waals surface area contributed by atoms with Gasteiger partial charge in [0.25, 0.3) is 0 Å². The van der Waals surface area contributed by atoms with Crippen LogP contribution < -0.4 is 4.74 Å². The van der Waals surface area contributed by atoms with Crippen molar-refractivity contribution < 1.29 is 27.8 Å². The molecule has 2 aromatic carbocycles. The predicted molar refractivity (Wildman–Crippen MR) is 66.9 cm³/mol. The van der Waals surface area contributed by atoms with Crippen molar-refractivity contribution in [1.82, 2.24) is 0 Å². The van der Waals surface area contributed by atoms with Crippen LogP contribution in [0.5, 0.6) is 5.75 Å². The zero-order chi connectivity index (χ0) is 14.9. The average molecular weight is 284 g/mol. The number of hydrogen-bond donors (Lipinski definition) is 1. The lowest BCUT2D eigenvalue weighted by molar-refractivity contribution is -0.176. The van der Waals surface area contributed by atoms with Crippen LogP contribution in [0.15, 0.2) is 36.4 Å². The quantitative estimate of drug-likeness (QED) is 0.937. The number of rotatable bonds is 3. The number of methoxy groups -OCH3 is 1. The van der Waals surface area contributed by atoms with Crippen LogP contribution in [0.2, 0.25) is 0 Å². The molecule has 0 aliphatic carbocycles. The average Bonchev–Trinajstić information content (AvgIpc) is 2.36. The Morgan fingerprint density at radius 1 is 1.15 bits per heavy atom. The molecule has 2 rings (SSSR count). The number of halogens is 3. The number of carboxylic acids is 1. The van der Waals surface area contributed by atoms with E-state index in [-0.39, 0.29) is 5.56 Å². The number of alkyl halides is 3. The predicted octanol–water partition coefficient (Wildman–Crippen LogP) is 3.58. The first-order chi connectivity index (χ1) is 9.32. The van der Waals surface area contributed by atoms with E-state index in [4.69, 9.17) is 9.84 Å². The van der Waals surface area contributed by atoms with E-state index < -0.39 is 18.1 Å². The summed E-state index contributed by atoms with van der Waals surface area (Å²) in [6, 6.07) is 8.73. The number of benzene rings is 2. The minimum absolute atomic E-state index is 0.289. The van der Waals surface area contributed by atoms with Gasteiger partial charge in [-0.2, -0.15) is 13.2 Å². The highest BCUT2D eigenvalue weighted by Gasteiger charge is 2.46. The molecule has 0 bridgehead atoms. The van der Waals surface area contributed by atoms with Crippen molar-refractivity contribution in [3.05, 3.63) is 42.0 Å². The standard InChI is InChI=1S/C14H11F3O3/c1-20-11-5-4-8-6-10(3-2-9(8)7-11)12(13(18)19)14(15,16)17/h2-7,12H,1H3,(H,18,19). The van der Waals surface area contributed by atoms with E-state index in [1.807, 2.05) is 0 Å². The molecule has 0 aliphatic heterocycles. The summed E-state index contributed by atoms with van der Waals surface area (Å²) in [7, 11) is 1.49. The van der Waals surface area contributed by atoms with Crippen LogP contribution in [0.1, 0.15) is 11.5 Å². The summed E-state index contributed by atoms with van der Waals surface area (Å²) in [6.07, 6.45) is -4.83. The van der Waals surface area contributed by atoms with E-state index in [0.29, 0.717) is 16.5 Å². The van der Waals surface area contributed by atoms with E-state index in [0.717, 1.165) is 0 Å². The molecular formula is C14H11F3O3. The largest absolute Gasteiger partial charge is 0.497 e. The second-order valence-electron chi connectivity index (χ2n) is 4.29. The topological polar surface area (TPSA) is 46.5 Å². The normalized spacial score (nSPS) is 13.2. The number of ether oxygens (including phenoxy) is 1. The number of carboxylic acid groups (broad SMARTS) is 1. The SMILES string of the molecule is COc1ccc2cc(C(C(=O)O)C(F)(F)F)ccc2c1. The maximum Gasteiger partial charge on any atom is 0.406 e. The zero-order valence-corrected chi connectivity index (χ0v) is 10.4. The van der Waals surface area contributed by atoms with Gasteiger partial charge >= 0.3 is 12.1 Å². The van der Waals surface area contributed by atoms with E-state index in [2.05, 4.69) is 0 Å². The summed E-state index contributed by atoms with van der Waals surface area (Å²) in [4.78, 5) is 10.8. The van der Waals surface area contributed by atoms with Crippen molar-refractivity contribution in [1.29, 1.82) is 0 Å². The molecule has 2 aromatic rings. The Hall–Kier alpha value is -2.24. The third-order valence-electron chi connectivity index (χ3n) is 2.98. The van der Waals surface area contributed by atoms with Crippen LogP contribution >= 0.6 is 0 Å². The van der Waals surface area contributed by atoms with E-state index in [1.165, 1.54) is 25.3 Å². The van der Waals surface area contributed by atoms with Crippen molar-refractivity contribution in [2.75, 3.05) is 7.11 Å². The Kier molecular flexibility index (Phi) is 3.57. The highest BCUT2D eigenvalue weighted by molar-refractivity contribution is 5.86. The lowest BCUT2D eigenvalue weighted by Crippen LogP contribution is -2.28. The van der Waals surface area contributed by atoms with E-state index in [1.54, 1.807) is 18.2 Å². The van der Waals surface area contributed by atoms with Gasteiger partial charge in [-0.3, -0.25) is 4.79 Å². The van der Waals surface area contributed by atoms with Gasteiger partial charge in [-0.05, 0) is 34.5 Å². The fourth-order valence-electron chi connectivity index (χ4n) is 2.02. The highest BCUT2D eigenvalue weighted by Crippen LogP contribution is 2.36. The van der Waals surface area contributed by atoms with Crippen LogP contribution in [0.25, 0.3) is 10.8 Å². The van der Waals surface area contributed by atoms with Gasteiger partial charge in [-0.25, -0.2) is 0 Å². The molecule has 0 amide bonds. The molecule has 0 spiro atoms. The maximum atomic E-state index is 12.8. The first-order valence-electron chi connectivity index (χ1n) is 5.70. The van der Waals surface area contributed by atoms with Crippen LogP contribution in [-0.2, 0) is 4.79 Å². The minimum Gasteiger partial charge on any atom is -0.497 e. The van der Waals surface area contributed by atoms with Gasteiger partial charge in [-0.15, -0.1) is 0 Å². The van der Waals surface area contributed by atoms with Gasteiger partial charge in [-0.1, -0.05) is 18.2 Å². The van der Waals surface area contributed by atoms with Crippen LogP contribution in [0.3, 0.4) is 0 Å². The van der Waals surface area contributed by atoms with Gasteiger partial charge in [0.1, 0.15) is 5.75 Å². The summed E-state index contributed by atoms with van der Waals surface area (Å²) < 4.78 is 43.3. The third kappa shape index (κ3) is 2.68. The van der Waals surface area contributed by atoms with Gasteiger partial charge in [0.2, 0.25) is 0 Å². The van der Waals surface area contributed by atoms with Crippen molar-refractivity contribution in [2.45, 2.75) is 12.1 Å². The molecule has 0 aliphatic rings. The molecule has 0 radical (unpaired) electrons. The number of carbonyl (C=O) groups is 1. The lowest BCUT2D eigenvalue weighted by atomic mass is 9.96. The second-order valence-corrected chi connectivity index (χ2v) is 4.29. The third-order valence-corrected chi connectivity index (χ3v) is 2.98. The van der Waals surface area contributed by atoms with Crippen molar-refractivity contribution in [2.24, 2.45) is 0 Å².